The summed E-state index contributed by atoms with van der Waals surface area (Å²) in [6.07, 6.45) is 3.58. The summed E-state index contributed by atoms with van der Waals surface area (Å²) in [5, 5.41) is 8.61. The number of aliphatic carboxylic acids is 1. The van der Waals surface area contributed by atoms with E-state index < -0.39 is 5.97 Å². The van der Waals surface area contributed by atoms with E-state index in [4.69, 9.17) is 5.11 Å². The van der Waals surface area contributed by atoms with Crippen molar-refractivity contribution in [2.45, 2.75) is 26.2 Å². The van der Waals surface area contributed by atoms with Crippen LogP contribution in [0.25, 0.3) is 0 Å². The second-order valence-electron chi connectivity index (χ2n) is 4.01. The smallest absolute Gasteiger partial charge is 0.303 e. The average Bonchev–Trinajstić information content (AvgIpc) is 2.13. The molecule has 0 bridgehead atoms. The van der Waals surface area contributed by atoms with E-state index >= 15 is 0 Å². The van der Waals surface area contributed by atoms with Gasteiger partial charge in [0.05, 0.1) is 0 Å². The molecule has 0 aliphatic carbocycles. The summed E-state index contributed by atoms with van der Waals surface area (Å²) in [5.74, 6) is -0.0194. The highest BCUT2D eigenvalue weighted by molar-refractivity contribution is 5.67. The van der Waals surface area contributed by atoms with Gasteiger partial charge in [-0.15, -0.1) is 0 Å². The first-order valence-electron chi connectivity index (χ1n) is 5.46. The van der Waals surface area contributed by atoms with E-state index in [0.717, 1.165) is 30.3 Å². The molecule has 1 aromatic heterocycles. The highest BCUT2D eigenvalue weighted by Gasteiger charge is 2.17. The van der Waals surface area contributed by atoms with Crippen molar-refractivity contribution in [3.05, 3.63) is 17.5 Å². The van der Waals surface area contributed by atoms with Gasteiger partial charge in [0.15, 0.2) is 0 Å². The summed E-state index contributed by atoms with van der Waals surface area (Å²) in [5.41, 5.74) is 1.81. The maximum Gasteiger partial charge on any atom is 0.303 e. The Labute approximate surface area is 94.1 Å². The number of carboxylic acid groups (broad SMARTS) is 1. The van der Waals surface area contributed by atoms with E-state index in [-0.39, 0.29) is 6.42 Å². The van der Waals surface area contributed by atoms with Crippen LogP contribution in [-0.4, -0.2) is 34.1 Å². The topological polar surface area (TPSA) is 66.3 Å². The van der Waals surface area contributed by atoms with Crippen molar-refractivity contribution in [2.75, 3.05) is 18.0 Å². The van der Waals surface area contributed by atoms with Gasteiger partial charge in [-0.3, -0.25) is 4.79 Å². The molecule has 0 amide bonds. The number of aryl methyl sites for hydroxylation is 2. The van der Waals surface area contributed by atoms with Gasteiger partial charge >= 0.3 is 5.97 Å². The number of carboxylic acids is 1. The van der Waals surface area contributed by atoms with E-state index in [1.54, 1.807) is 6.20 Å². The molecule has 0 atom stereocenters. The fraction of sp³-hybridized carbons (Fsp3) is 0.545. The van der Waals surface area contributed by atoms with Crippen molar-refractivity contribution in [1.82, 2.24) is 9.97 Å². The van der Waals surface area contributed by atoms with E-state index in [9.17, 15) is 4.79 Å². The summed E-state index contributed by atoms with van der Waals surface area (Å²) >= 11 is 0. The molecule has 0 radical (unpaired) electrons. The van der Waals surface area contributed by atoms with Crippen molar-refractivity contribution in [1.29, 1.82) is 0 Å². The molecule has 1 aromatic rings. The van der Waals surface area contributed by atoms with E-state index in [1.165, 1.54) is 6.42 Å². The molecule has 1 fully saturated rings. The maximum absolute atomic E-state index is 10.5. The fourth-order valence-electron chi connectivity index (χ4n) is 1.64. The molecule has 0 unspecified atom stereocenters. The lowest BCUT2D eigenvalue weighted by molar-refractivity contribution is -0.136. The Morgan fingerprint density at radius 3 is 2.81 bits per heavy atom. The summed E-state index contributed by atoms with van der Waals surface area (Å²) in [6, 6.07) is 0. The Balaban J connectivity index is 2.06. The first-order valence-corrected chi connectivity index (χ1v) is 5.46. The molecule has 1 saturated heterocycles. The van der Waals surface area contributed by atoms with Crippen LogP contribution < -0.4 is 4.90 Å². The Kier molecular flexibility index (Phi) is 3.03. The minimum absolute atomic E-state index is 0.132. The van der Waals surface area contributed by atoms with Gasteiger partial charge in [0.1, 0.15) is 0 Å². The van der Waals surface area contributed by atoms with Crippen LogP contribution in [0, 0.1) is 6.92 Å². The minimum Gasteiger partial charge on any atom is -0.481 e. The number of rotatable bonds is 4. The zero-order chi connectivity index (χ0) is 11.5. The third-order valence-corrected chi connectivity index (χ3v) is 2.82. The molecule has 2 rings (SSSR count). The molecule has 0 saturated carbocycles. The normalized spacial score (nSPS) is 14.7. The zero-order valence-electron chi connectivity index (χ0n) is 9.31. The van der Waals surface area contributed by atoms with E-state index in [0.29, 0.717) is 6.42 Å². The third-order valence-electron chi connectivity index (χ3n) is 2.82. The quantitative estimate of drug-likeness (QED) is 0.822. The fourth-order valence-corrected chi connectivity index (χ4v) is 1.64. The van der Waals surface area contributed by atoms with Crippen LogP contribution in [0.5, 0.6) is 0 Å². The Morgan fingerprint density at radius 1 is 1.56 bits per heavy atom. The number of carbonyl (C=O) groups is 1. The highest BCUT2D eigenvalue weighted by Crippen LogP contribution is 2.17. The van der Waals surface area contributed by atoms with E-state index in [2.05, 4.69) is 14.9 Å². The Morgan fingerprint density at radius 2 is 2.31 bits per heavy atom. The van der Waals surface area contributed by atoms with Gasteiger partial charge in [0.25, 0.3) is 0 Å². The number of hydrogen-bond acceptors (Lipinski definition) is 4. The minimum atomic E-state index is -0.786. The second-order valence-corrected chi connectivity index (χ2v) is 4.01. The van der Waals surface area contributed by atoms with Crippen molar-refractivity contribution >= 4 is 11.9 Å². The molecule has 86 valence electrons. The maximum atomic E-state index is 10.5. The van der Waals surface area contributed by atoms with Crippen LogP contribution in [0.2, 0.25) is 0 Å². The third kappa shape index (κ3) is 2.29. The predicted molar refractivity (Wildman–Crippen MR) is 59.6 cm³/mol. The average molecular weight is 221 g/mol. The lowest BCUT2D eigenvalue weighted by atomic mass is 10.1. The van der Waals surface area contributed by atoms with Crippen molar-refractivity contribution in [3.8, 4) is 0 Å². The lowest BCUT2D eigenvalue weighted by Crippen LogP contribution is -2.38. The van der Waals surface area contributed by atoms with Crippen LogP contribution in [0.3, 0.4) is 0 Å². The highest BCUT2D eigenvalue weighted by atomic mass is 16.4. The van der Waals surface area contributed by atoms with Gasteiger partial charge in [0, 0.05) is 31.4 Å². The molecular formula is C11H15N3O2. The van der Waals surface area contributed by atoms with Gasteiger partial charge in [-0.2, -0.15) is 0 Å². The summed E-state index contributed by atoms with van der Waals surface area (Å²) in [7, 11) is 0. The van der Waals surface area contributed by atoms with Crippen molar-refractivity contribution in [2.24, 2.45) is 0 Å². The van der Waals surface area contributed by atoms with Gasteiger partial charge in [-0.1, -0.05) is 0 Å². The lowest BCUT2D eigenvalue weighted by Gasteiger charge is -2.31. The molecular weight excluding hydrogens is 206 g/mol. The number of aromatic nitrogens is 2. The molecule has 5 nitrogen and oxygen atoms in total. The van der Waals surface area contributed by atoms with Crippen molar-refractivity contribution < 1.29 is 9.90 Å². The second kappa shape index (κ2) is 4.47. The standard InChI is InChI=1S/C11H15N3O2/c1-8-9(3-4-10(15)16)7-12-11(13-8)14-5-2-6-14/h7H,2-6H2,1H3,(H,15,16). The van der Waals surface area contributed by atoms with Crippen LogP contribution in [0.15, 0.2) is 6.20 Å². The molecule has 5 heteroatoms. The molecule has 2 heterocycles. The monoisotopic (exact) mass is 221 g/mol. The van der Waals surface area contributed by atoms with Gasteiger partial charge < -0.3 is 10.0 Å². The molecule has 1 aliphatic rings. The number of hydrogen-bond donors (Lipinski definition) is 1. The molecule has 0 spiro atoms. The first kappa shape index (κ1) is 10.9. The predicted octanol–water partition coefficient (Wildman–Crippen LogP) is 1.01. The Hall–Kier alpha value is -1.65. The van der Waals surface area contributed by atoms with Gasteiger partial charge in [-0.25, -0.2) is 9.97 Å². The zero-order valence-corrected chi connectivity index (χ0v) is 9.31. The summed E-state index contributed by atoms with van der Waals surface area (Å²) in [6.45, 7) is 3.95. The molecule has 0 aromatic carbocycles. The van der Waals surface area contributed by atoms with Gasteiger partial charge in [0.2, 0.25) is 5.95 Å². The largest absolute Gasteiger partial charge is 0.481 e. The van der Waals surface area contributed by atoms with Crippen LogP contribution >= 0.6 is 0 Å². The summed E-state index contributed by atoms with van der Waals surface area (Å²) < 4.78 is 0. The first-order chi connectivity index (χ1) is 7.66. The number of anilines is 1. The Bertz CT molecular complexity index is 402. The van der Waals surface area contributed by atoms with E-state index in [1.807, 2.05) is 6.92 Å². The summed E-state index contributed by atoms with van der Waals surface area (Å²) in [4.78, 5) is 21.2. The molecule has 1 aliphatic heterocycles. The van der Waals surface area contributed by atoms with Crippen LogP contribution in [0.1, 0.15) is 24.1 Å². The van der Waals surface area contributed by atoms with Crippen LogP contribution in [-0.2, 0) is 11.2 Å². The van der Waals surface area contributed by atoms with Gasteiger partial charge in [-0.05, 0) is 25.3 Å². The number of nitrogens with zero attached hydrogens (tertiary/aromatic N) is 3. The van der Waals surface area contributed by atoms with Crippen LogP contribution in [0.4, 0.5) is 5.95 Å². The molecule has 16 heavy (non-hydrogen) atoms. The SMILES string of the molecule is Cc1nc(N2CCC2)ncc1CCC(=O)O. The van der Waals surface area contributed by atoms with Crippen molar-refractivity contribution in [3.63, 3.8) is 0 Å². The molecule has 1 N–H and O–H groups in total.